The number of hydrogen-bond acceptors (Lipinski definition) is 6. The molecule has 2 aromatic rings. The third kappa shape index (κ3) is 7.26. The van der Waals surface area contributed by atoms with Gasteiger partial charge in [0, 0.05) is 12.2 Å². The van der Waals surface area contributed by atoms with Gasteiger partial charge in [-0.1, -0.05) is 56.3 Å². The lowest BCUT2D eigenvalue weighted by molar-refractivity contribution is -0.134. The molecular weight excluding hydrogens is 460 g/mol. The van der Waals surface area contributed by atoms with Crippen LogP contribution in [0.2, 0.25) is 0 Å². The fraction of sp³-hybridized carbons (Fsp3) is 0.292. The van der Waals surface area contributed by atoms with Gasteiger partial charge in [0.1, 0.15) is 0 Å². The van der Waals surface area contributed by atoms with Gasteiger partial charge in [-0.05, 0) is 35.8 Å². The molecule has 9 nitrogen and oxygen atoms in total. The smallest absolute Gasteiger partial charge is 0.328 e. The molecule has 0 aliphatic carbocycles. The Balaban J connectivity index is 0.000000440. The fourth-order valence-corrected chi connectivity index (χ4v) is 5.21. The van der Waals surface area contributed by atoms with E-state index in [1.807, 2.05) is 49.1 Å². The molecule has 1 unspecified atom stereocenters. The predicted molar refractivity (Wildman–Crippen MR) is 126 cm³/mol. The second-order valence-corrected chi connectivity index (χ2v) is 9.43. The normalized spacial score (nSPS) is 15.9. The summed E-state index contributed by atoms with van der Waals surface area (Å²) in [6.07, 6.45) is 1.12. The first-order valence-electron chi connectivity index (χ1n) is 10.6. The molecule has 34 heavy (non-hydrogen) atoms. The predicted octanol–water partition coefficient (Wildman–Crippen LogP) is 2.23. The molecule has 0 bridgehead atoms. The van der Waals surface area contributed by atoms with Crippen LogP contribution in [0.3, 0.4) is 0 Å². The lowest BCUT2D eigenvalue weighted by atomic mass is 9.95. The quantitative estimate of drug-likeness (QED) is 0.504. The van der Waals surface area contributed by atoms with Crippen molar-refractivity contribution in [3.63, 3.8) is 0 Å². The van der Waals surface area contributed by atoms with Gasteiger partial charge in [-0.2, -0.15) is 0 Å². The highest BCUT2D eigenvalue weighted by Gasteiger charge is 2.32. The number of nitrogens with one attached hydrogen (secondary N) is 1. The Bertz CT molecular complexity index is 1160. The monoisotopic (exact) mass is 488 g/mol. The minimum Gasteiger partial charge on any atom is -0.478 e. The Kier molecular flexibility index (Phi) is 9.52. The number of carbonyl (C=O) groups is 3. The van der Waals surface area contributed by atoms with Gasteiger partial charge in [0.05, 0.1) is 23.2 Å². The Morgan fingerprint density at radius 3 is 2.03 bits per heavy atom. The van der Waals surface area contributed by atoms with E-state index in [0.717, 1.165) is 24.2 Å². The van der Waals surface area contributed by atoms with E-state index in [4.69, 9.17) is 10.2 Å². The van der Waals surface area contributed by atoms with E-state index in [2.05, 4.69) is 5.32 Å². The van der Waals surface area contributed by atoms with Crippen LogP contribution in [0.15, 0.2) is 65.6 Å². The first-order chi connectivity index (χ1) is 16.1. The summed E-state index contributed by atoms with van der Waals surface area (Å²) in [7, 11) is -3.45. The molecule has 0 fully saturated rings. The molecule has 1 amide bonds. The van der Waals surface area contributed by atoms with E-state index < -0.39 is 27.8 Å². The van der Waals surface area contributed by atoms with Gasteiger partial charge in [0.25, 0.3) is 0 Å². The number of likely N-dealkylation sites (N-methyl/N-ethyl adjacent to an activating group) is 1. The topological polar surface area (TPSA) is 141 Å². The van der Waals surface area contributed by atoms with Crippen molar-refractivity contribution >= 4 is 27.7 Å². The number of hydrogen-bond donors (Lipinski definition) is 3. The van der Waals surface area contributed by atoms with E-state index in [0.29, 0.717) is 29.2 Å². The van der Waals surface area contributed by atoms with E-state index >= 15 is 0 Å². The third-order valence-corrected chi connectivity index (χ3v) is 6.95. The minimum absolute atomic E-state index is 0.0530. The van der Waals surface area contributed by atoms with E-state index in [1.54, 1.807) is 18.2 Å². The highest BCUT2D eigenvalue weighted by Crippen LogP contribution is 2.36. The molecule has 1 aliphatic rings. The molecular formula is C24H28N2O7S. The van der Waals surface area contributed by atoms with Crippen molar-refractivity contribution in [2.75, 3.05) is 19.6 Å². The maximum Gasteiger partial charge on any atom is 0.328 e. The van der Waals surface area contributed by atoms with Gasteiger partial charge in [-0.3, -0.25) is 9.69 Å². The zero-order valence-corrected chi connectivity index (χ0v) is 19.8. The maximum absolute atomic E-state index is 12.8. The van der Waals surface area contributed by atoms with Crippen LogP contribution in [0, 0.1) is 0 Å². The van der Waals surface area contributed by atoms with Gasteiger partial charge in [-0.15, -0.1) is 0 Å². The fourth-order valence-electron chi connectivity index (χ4n) is 3.55. The van der Waals surface area contributed by atoms with Gasteiger partial charge in [0.15, 0.2) is 9.84 Å². The van der Waals surface area contributed by atoms with Crippen LogP contribution in [0.5, 0.6) is 0 Å². The molecule has 1 heterocycles. The van der Waals surface area contributed by atoms with Crippen molar-refractivity contribution in [2.45, 2.75) is 30.5 Å². The summed E-state index contributed by atoms with van der Waals surface area (Å²) >= 11 is 0. The second-order valence-electron chi connectivity index (χ2n) is 7.47. The average Bonchev–Trinajstić information content (AvgIpc) is 2.89. The van der Waals surface area contributed by atoms with Crippen molar-refractivity contribution in [1.29, 1.82) is 0 Å². The second kappa shape index (κ2) is 12.1. The molecule has 1 atom stereocenters. The number of amides is 1. The maximum atomic E-state index is 12.8. The zero-order valence-electron chi connectivity index (χ0n) is 19.0. The Morgan fingerprint density at radius 1 is 0.941 bits per heavy atom. The van der Waals surface area contributed by atoms with Crippen LogP contribution in [0.4, 0.5) is 0 Å². The molecule has 3 N–H and O–H groups in total. The number of carboxylic acid groups (broad SMARTS) is 2. The van der Waals surface area contributed by atoms with Crippen molar-refractivity contribution < 1.29 is 33.0 Å². The average molecular weight is 489 g/mol. The number of benzene rings is 2. The van der Waals surface area contributed by atoms with E-state index in [9.17, 15) is 22.8 Å². The molecule has 10 heteroatoms. The van der Waals surface area contributed by atoms with Crippen LogP contribution < -0.4 is 5.32 Å². The number of carboxylic acids is 2. The first kappa shape index (κ1) is 26.7. The van der Waals surface area contributed by atoms with Crippen LogP contribution >= 0.6 is 0 Å². The van der Waals surface area contributed by atoms with Crippen LogP contribution in [0.25, 0.3) is 0 Å². The van der Waals surface area contributed by atoms with Crippen LogP contribution in [0.1, 0.15) is 36.6 Å². The SMILES string of the molecule is CCN(CC)CC(=O)NC1c2ccccc2CS(=O)(=O)c2ccccc21.O=C(O)/C=C/C(=O)O. The highest BCUT2D eigenvalue weighted by molar-refractivity contribution is 7.90. The molecule has 0 saturated carbocycles. The van der Waals surface area contributed by atoms with Crippen LogP contribution in [-0.4, -0.2) is 61.0 Å². The Morgan fingerprint density at radius 2 is 1.47 bits per heavy atom. The molecule has 3 rings (SSSR count). The minimum atomic E-state index is -3.45. The van der Waals surface area contributed by atoms with Gasteiger partial charge < -0.3 is 15.5 Å². The summed E-state index contributed by atoms with van der Waals surface area (Å²) in [6.45, 7) is 5.89. The molecule has 0 radical (unpaired) electrons. The number of nitrogens with zero attached hydrogens (tertiary/aromatic N) is 1. The summed E-state index contributed by atoms with van der Waals surface area (Å²) in [4.78, 5) is 34.1. The van der Waals surface area contributed by atoms with Crippen molar-refractivity contribution in [1.82, 2.24) is 10.2 Å². The molecule has 182 valence electrons. The summed E-state index contributed by atoms with van der Waals surface area (Å²) in [6, 6.07) is 13.9. The summed E-state index contributed by atoms with van der Waals surface area (Å²) in [5.74, 6) is -2.68. The largest absolute Gasteiger partial charge is 0.478 e. The molecule has 0 spiro atoms. The number of rotatable bonds is 7. The van der Waals surface area contributed by atoms with Crippen molar-refractivity contribution in [3.05, 3.63) is 77.4 Å². The standard InChI is InChI=1S/C20H24N2O3S.C4H4O4/c1-3-22(4-2)13-19(23)21-20-16-10-6-5-9-15(16)14-26(24,25)18-12-8-7-11-17(18)20;5-3(6)1-2-4(7)8/h5-12,20H,3-4,13-14H2,1-2H3,(H,21,23);1-2H,(H,5,6)(H,7,8)/b;2-1+. The van der Waals surface area contributed by atoms with Crippen molar-refractivity contribution in [2.24, 2.45) is 0 Å². The molecule has 0 aromatic heterocycles. The highest BCUT2D eigenvalue weighted by atomic mass is 32.2. The van der Waals surface area contributed by atoms with Gasteiger partial charge in [0.2, 0.25) is 5.91 Å². The Hall–Kier alpha value is -3.50. The Labute approximate surface area is 198 Å². The number of carbonyl (C=O) groups excluding carboxylic acids is 1. The lowest BCUT2D eigenvalue weighted by Gasteiger charge is -2.23. The molecule has 2 aromatic carbocycles. The number of sulfone groups is 1. The number of aliphatic carboxylic acids is 2. The summed E-state index contributed by atoms with van der Waals surface area (Å²) in [5.41, 5.74) is 2.20. The zero-order chi connectivity index (χ0) is 25.3. The molecule has 1 aliphatic heterocycles. The van der Waals surface area contributed by atoms with E-state index in [-0.39, 0.29) is 11.7 Å². The molecule has 0 saturated heterocycles. The summed E-state index contributed by atoms with van der Waals surface area (Å²) < 4.78 is 25.7. The van der Waals surface area contributed by atoms with Gasteiger partial charge in [-0.25, -0.2) is 18.0 Å². The number of fused-ring (bicyclic) bond motifs is 2. The van der Waals surface area contributed by atoms with Crippen molar-refractivity contribution in [3.8, 4) is 0 Å². The first-order valence-corrected chi connectivity index (χ1v) is 12.3. The van der Waals surface area contributed by atoms with E-state index in [1.165, 1.54) is 0 Å². The third-order valence-electron chi connectivity index (χ3n) is 5.21. The van der Waals surface area contributed by atoms with Crippen LogP contribution in [-0.2, 0) is 30.0 Å². The summed E-state index contributed by atoms with van der Waals surface area (Å²) in [5, 5.41) is 18.7. The van der Waals surface area contributed by atoms with Gasteiger partial charge >= 0.3 is 11.9 Å². The lowest BCUT2D eigenvalue weighted by Crippen LogP contribution is -2.39.